The van der Waals surface area contributed by atoms with E-state index in [1.807, 2.05) is 75.4 Å². The van der Waals surface area contributed by atoms with Crippen LogP contribution in [0.3, 0.4) is 0 Å². The molecule has 196 valence electrons. The van der Waals surface area contributed by atoms with Gasteiger partial charge >= 0.3 is 0 Å². The summed E-state index contributed by atoms with van der Waals surface area (Å²) >= 11 is 3.03. The minimum absolute atomic E-state index is 0.193. The Morgan fingerprint density at radius 3 is 2.58 bits per heavy atom. The lowest BCUT2D eigenvalue weighted by Crippen LogP contribution is -2.27. The smallest absolute Gasteiger partial charge is 0.293 e. The average molecular weight is 643 g/mol. The summed E-state index contributed by atoms with van der Waals surface area (Å²) in [6.45, 7) is 6.18. The first-order chi connectivity index (χ1) is 18.2. The Kier molecular flexibility index (Phi) is 9.11. The predicted molar refractivity (Wildman–Crippen MR) is 158 cm³/mol. The summed E-state index contributed by atoms with van der Waals surface area (Å²) < 4.78 is 12.3. The molecule has 38 heavy (non-hydrogen) atoms. The highest BCUT2D eigenvalue weighted by Crippen LogP contribution is 2.38. The SMILES string of the molecule is CCOc1cc(/C=C2\SC(=O)N(Cc3ccccc3C)C2=O)cc(I)c1OCC(=O)Nc1cccc(C)c1. The van der Waals surface area contributed by atoms with Crippen LogP contribution in [0.15, 0.2) is 65.6 Å². The topological polar surface area (TPSA) is 84.9 Å². The van der Waals surface area contributed by atoms with Crippen molar-refractivity contribution in [3.63, 3.8) is 0 Å². The van der Waals surface area contributed by atoms with Gasteiger partial charge in [0.1, 0.15) is 0 Å². The van der Waals surface area contributed by atoms with Crippen molar-refractivity contribution in [2.75, 3.05) is 18.5 Å². The van der Waals surface area contributed by atoms with Gasteiger partial charge in [-0.25, -0.2) is 0 Å². The van der Waals surface area contributed by atoms with Gasteiger partial charge in [0.2, 0.25) is 0 Å². The normalized spacial score (nSPS) is 14.2. The molecular formula is C29H27IN2O5S. The quantitative estimate of drug-likeness (QED) is 0.210. The molecule has 1 aliphatic heterocycles. The number of benzene rings is 3. The van der Waals surface area contributed by atoms with Crippen LogP contribution < -0.4 is 14.8 Å². The minimum atomic E-state index is -0.329. The van der Waals surface area contributed by atoms with E-state index < -0.39 is 0 Å². The predicted octanol–water partition coefficient (Wildman–Crippen LogP) is 6.56. The third-order valence-electron chi connectivity index (χ3n) is 5.74. The highest BCUT2D eigenvalue weighted by atomic mass is 127. The maximum atomic E-state index is 13.1. The Morgan fingerprint density at radius 1 is 1.05 bits per heavy atom. The van der Waals surface area contributed by atoms with Crippen molar-refractivity contribution in [3.05, 3.63) is 91.4 Å². The molecule has 3 amide bonds. The molecule has 0 radical (unpaired) electrons. The van der Waals surface area contributed by atoms with Gasteiger partial charge in [-0.2, -0.15) is 0 Å². The van der Waals surface area contributed by atoms with Gasteiger partial charge in [-0.05, 0) is 108 Å². The van der Waals surface area contributed by atoms with Crippen molar-refractivity contribution in [3.8, 4) is 11.5 Å². The highest BCUT2D eigenvalue weighted by Gasteiger charge is 2.35. The molecule has 1 fully saturated rings. The molecule has 1 N–H and O–H groups in total. The van der Waals surface area contributed by atoms with Gasteiger partial charge in [0.15, 0.2) is 18.1 Å². The summed E-state index contributed by atoms with van der Waals surface area (Å²) in [6, 6.07) is 18.8. The molecule has 7 nitrogen and oxygen atoms in total. The molecule has 0 unspecified atom stereocenters. The van der Waals surface area contributed by atoms with Gasteiger partial charge < -0.3 is 14.8 Å². The molecule has 0 saturated carbocycles. The molecule has 1 aliphatic rings. The first kappa shape index (κ1) is 27.7. The van der Waals surface area contributed by atoms with Crippen molar-refractivity contribution < 1.29 is 23.9 Å². The summed E-state index contributed by atoms with van der Waals surface area (Å²) in [5.41, 5.74) is 4.38. The van der Waals surface area contributed by atoms with Crippen LogP contribution >= 0.6 is 34.4 Å². The second-order valence-electron chi connectivity index (χ2n) is 8.66. The molecule has 0 aromatic heterocycles. The van der Waals surface area contributed by atoms with E-state index in [1.54, 1.807) is 12.1 Å². The van der Waals surface area contributed by atoms with Crippen LogP contribution in [0.1, 0.15) is 29.2 Å². The van der Waals surface area contributed by atoms with Crippen molar-refractivity contribution in [2.45, 2.75) is 27.3 Å². The summed E-state index contributed by atoms with van der Waals surface area (Å²) in [6.07, 6.45) is 1.68. The summed E-state index contributed by atoms with van der Waals surface area (Å²) in [4.78, 5) is 39.8. The number of aryl methyl sites for hydroxylation is 2. The maximum absolute atomic E-state index is 13.1. The standard InChI is InChI=1S/C29H27IN2O5S/c1-4-36-24-14-20(13-23(30)27(24)37-17-26(33)31-22-11-7-8-18(2)12-22)15-25-28(34)32(29(35)38-25)16-21-10-6-5-9-19(21)3/h5-15H,4,16-17H2,1-3H3,(H,31,33)/b25-15-. The fraction of sp³-hybridized carbons (Fsp3) is 0.207. The molecular weight excluding hydrogens is 615 g/mol. The number of imide groups is 1. The van der Waals surface area contributed by atoms with E-state index in [-0.39, 0.29) is 30.2 Å². The Balaban J connectivity index is 1.50. The number of nitrogens with one attached hydrogen (secondary N) is 1. The van der Waals surface area contributed by atoms with Crippen molar-refractivity contribution in [1.29, 1.82) is 0 Å². The molecule has 0 spiro atoms. The van der Waals surface area contributed by atoms with Gasteiger partial charge in [-0.15, -0.1) is 0 Å². The highest BCUT2D eigenvalue weighted by molar-refractivity contribution is 14.1. The van der Waals surface area contributed by atoms with Gasteiger partial charge in [0.25, 0.3) is 17.1 Å². The van der Waals surface area contributed by atoms with Crippen LogP contribution in [-0.4, -0.2) is 35.2 Å². The Bertz CT molecular complexity index is 1420. The molecule has 0 bridgehead atoms. The van der Waals surface area contributed by atoms with Gasteiger partial charge in [-0.1, -0.05) is 36.4 Å². The number of hydrogen-bond acceptors (Lipinski definition) is 6. The van der Waals surface area contributed by atoms with E-state index >= 15 is 0 Å². The number of carbonyl (C=O) groups excluding carboxylic acids is 3. The molecule has 9 heteroatoms. The van der Waals surface area contributed by atoms with Crippen LogP contribution in [0.25, 0.3) is 6.08 Å². The van der Waals surface area contributed by atoms with E-state index in [9.17, 15) is 14.4 Å². The van der Waals surface area contributed by atoms with Gasteiger partial charge in [0.05, 0.1) is 21.6 Å². The minimum Gasteiger partial charge on any atom is -0.490 e. The molecule has 3 aromatic rings. The van der Waals surface area contributed by atoms with Gasteiger partial charge in [0, 0.05) is 5.69 Å². The molecule has 0 aliphatic carbocycles. The second kappa shape index (κ2) is 12.5. The van der Waals surface area contributed by atoms with Crippen molar-refractivity contribution in [1.82, 2.24) is 4.90 Å². The lowest BCUT2D eigenvalue weighted by molar-refractivity contribution is -0.123. The third kappa shape index (κ3) is 6.76. The monoisotopic (exact) mass is 642 g/mol. The summed E-state index contributed by atoms with van der Waals surface area (Å²) in [7, 11) is 0. The number of amides is 3. The zero-order valence-corrected chi connectivity index (χ0v) is 24.2. The van der Waals surface area contributed by atoms with E-state index in [2.05, 4.69) is 27.9 Å². The lowest BCUT2D eigenvalue weighted by Gasteiger charge is -2.15. The van der Waals surface area contributed by atoms with E-state index in [4.69, 9.17) is 9.47 Å². The number of thioether (sulfide) groups is 1. The molecule has 1 heterocycles. The number of carbonyl (C=O) groups is 3. The molecule has 3 aromatic carbocycles. The zero-order chi connectivity index (χ0) is 27.2. The van der Waals surface area contributed by atoms with Crippen LogP contribution in [0.2, 0.25) is 0 Å². The Hall–Kier alpha value is -3.31. The van der Waals surface area contributed by atoms with E-state index in [0.717, 1.165) is 28.5 Å². The molecule has 1 saturated heterocycles. The molecule has 0 atom stereocenters. The van der Waals surface area contributed by atoms with Crippen molar-refractivity contribution >= 4 is 63.2 Å². The van der Waals surface area contributed by atoms with Crippen LogP contribution in [-0.2, 0) is 16.1 Å². The third-order valence-corrected chi connectivity index (χ3v) is 7.45. The van der Waals surface area contributed by atoms with Crippen molar-refractivity contribution in [2.24, 2.45) is 0 Å². The van der Waals surface area contributed by atoms with Crippen LogP contribution in [0, 0.1) is 17.4 Å². The second-order valence-corrected chi connectivity index (χ2v) is 10.8. The summed E-state index contributed by atoms with van der Waals surface area (Å²) in [5, 5.41) is 2.52. The largest absolute Gasteiger partial charge is 0.490 e. The van der Waals surface area contributed by atoms with E-state index in [1.165, 1.54) is 4.90 Å². The molecule has 4 rings (SSSR count). The number of nitrogens with zero attached hydrogens (tertiary/aromatic N) is 1. The zero-order valence-electron chi connectivity index (χ0n) is 21.2. The fourth-order valence-electron chi connectivity index (χ4n) is 3.88. The maximum Gasteiger partial charge on any atom is 0.293 e. The summed E-state index contributed by atoms with van der Waals surface area (Å²) in [5.74, 6) is 0.273. The Morgan fingerprint density at radius 2 is 1.84 bits per heavy atom. The number of halogens is 1. The van der Waals surface area contributed by atoms with E-state index in [0.29, 0.717) is 37.8 Å². The van der Waals surface area contributed by atoms with Crippen LogP contribution in [0.5, 0.6) is 11.5 Å². The first-order valence-electron chi connectivity index (χ1n) is 12.0. The first-order valence-corrected chi connectivity index (χ1v) is 13.9. The van der Waals surface area contributed by atoms with Gasteiger partial charge in [-0.3, -0.25) is 19.3 Å². The number of rotatable bonds is 9. The fourth-order valence-corrected chi connectivity index (χ4v) is 5.50. The Labute approximate surface area is 239 Å². The lowest BCUT2D eigenvalue weighted by atomic mass is 10.1. The number of ether oxygens (including phenoxy) is 2. The van der Waals surface area contributed by atoms with Crippen LogP contribution in [0.4, 0.5) is 10.5 Å². The number of hydrogen-bond donors (Lipinski definition) is 1. The number of anilines is 1. The average Bonchev–Trinajstić information content (AvgIpc) is 3.12.